The molecule has 0 spiro atoms. The van der Waals surface area contributed by atoms with Crippen LogP contribution in [0.25, 0.3) is 17.2 Å². The molecule has 0 unspecified atom stereocenters. The number of allylic oxidation sites excluding steroid dienone is 1. The molecule has 50 heavy (non-hydrogen) atoms. The molecule has 3 amide bonds. The maximum atomic E-state index is 13.8. The van der Waals surface area contributed by atoms with Crippen molar-refractivity contribution in [3.8, 4) is 11.1 Å². The summed E-state index contributed by atoms with van der Waals surface area (Å²) in [5.41, 5.74) is 9.93. The Balaban J connectivity index is 1.17. The van der Waals surface area contributed by atoms with Gasteiger partial charge in [0, 0.05) is 24.1 Å². The first kappa shape index (κ1) is 35.5. The van der Waals surface area contributed by atoms with Gasteiger partial charge in [0.15, 0.2) is 0 Å². The van der Waals surface area contributed by atoms with E-state index >= 15 is 0 Å². The number of fused-ring (bicyclic) bond motifs is 3. The molecule has 2 aromatic carbocycles. The van der Waals surface area contributed by atoms with Crippen LogP contribution in [0.3, 0.4) is 0 Å². The first-order chi connectivity index (χ1) is 24.1. The second-order valence-electron chi connectivity index (χ2n) is 13.9. The molecule has 3 saturated carbocycles. The van der Waals surface area contributed by atoms with Gasteiger partial charge < -0.3 is 21.2 Å². The average Bonchev–Trinajstić information content (AvgIpc) is 4.02. The number of rotatable bonds is 16. The van der Waals surface area contributed by atoms with Gasteiger partial charge in [-0.2, -0.15) is 0 Å². The summed E-state index contributed by atoms with van der Waals surface area (Å²) in [5.74, 6) is -3.56. The van der Waals surface area contributed by atoms with E-state index in [4.69, 9.17) is 10.6 Å². The van der Waals surface area contributed by atoms with Crippen molar-refractivity contribution in [3.05, 3.63) is 77.9 Å². The van der Waals surface area contributed by atoms with Crippen molar-refractivity contribution in [1.82, 2.24) is 15.4 Å². The summed E-state index contributed by atoms with van der Waals surface area (Å²) in [6, 6.07) is 14.3. The third-order valence-corrected chi connectivity index (χ3v) is 12.2. The molecule has 0 radical (unpaired) electrons. The van der Waals surface area contributed by atoms with Crippen LogP contribution in [0.4, 0.5) is 0 Å². The summed E-state index contributed by atoms with van der Waals surface area (Å²) in [4.78, 5) is 46.2. The molecule has 0 heterocycles. The Morgan fingerprint density at radius 1 is 0.980 bits per heavy atom. The van der Waals surface area contributed by atoms with Crippen LogP contribution in [0, 0.1) is 17.8 Å². The second kappa shape index (κ2) is 14.9. The molecule has 3 fully saturated rings. The van der Waals surface area contributed by atoms with Crippen molar-refractivity contribution < 1.29 is 27.6 Å². The summed E-state index contributed by atoms with van der Waals surface area (Å²) in [6.07, 6.45) is 12.5. The maximum Gasteiger partial charge on any atom is 0.259 e. The molecular weight excluding hydrogens is 655 g/mol. The van der Waals surface area contributed by atoms with Gasteiger partial charge in [-0.1, -0.05) is 72.6 Å². The van der Waals surface area contributed by atoms with E-state index in [-0.39, 0.29) is 25.2 Å². The van der Waals surface area contributed by atoms with Gasteiger partial charge in [0.25, 0.3) is 5.91 Å². The number of amides is 3. The summed E-state index contributed by atoms with van der Waals surface area (Å²) >= 11 is 0. The normalized spacial score (nSPS) is 25.9. The zero-order valence-corrected chi connectivity index (χ0v) is 29.3. The topological polar surface area (TPSA) is 169 Å². The lowest BCUT2D eigenvalue weighted by Crippen LogP contribution is -2.54. The van der Waals surface area contributed by atoms with Gasteiger partial charge in [-0.25, -0.2) is 8.42 Å². The molecule has 12 heteroatoms. The highest BCUT2D eigenvalue weighted by Crippen LogP contribution is 2.46. The van der Waals surface area contributed by atoms with Crippen molar-refractivity contribution in [2.75, 3.05) is 13.6 Å². The van der Waals surface area contributed by atoms with E-state index in [1.807, 2.05) is 18.2 Å². The van der Waals surface area contributed by atoms with Crippen LogP contribution in [0.1, 0.15) is 80.9 Å². The number of hydrogen-bond acceptors (Lipinski definition) is 8. The number of nitrogens with zero attached hydrogens (tertiary/aromatic N) is 1. The van der Waals surface area contributed by atoms with Gasteiger partial charge in [-0.05, 0) is 80.7 Å². The maximum absolute atomic E-state index is 13.8. The predicted octanol–water partition coefficient (Wildman–Crippen LogP) is 4.17. The first-order valence-corrected chi connectivity index (χ1v) is 19.2. The molecule has 11 nitrogen and oxygen atoms in total. The zero-order valence-electron chi connectivity index (χ0n) is 28.5. The van der Waals surface area contributed by atoms with E-state index in [1.165, 1.54) is 7.05 Å². The molecule has 4 aliphatic rings. The Kier molecular flexibility index (Phi) is 10.6. The smallest absolute Gasteiger partial charge is 0.259 e. The Morgan fingerprint density at radius 3 is 2.36 bits per heavy atom. The fraction of sp³-hybridized carbons (Fsp3) is 0.474. The van der Waals surface area contributed by atoms with E-state index in [0.29, 0.717) is 18.6 Å². The predicted molar refractivity (Wildman–Crippen MR) is 193 cm³/mol. The average molecular weight is 702 g/mol. The highest BCUT2D eigenvalue weighted by atomic mass is 32.2. The van der Waals surface area contributed by atoms with E-state index in [2.05, 4.69) is 63.5 Å². The number of nitrogens with two attached hydrogens (primary N) is 1. The third-order valence-electron chi connectivity index (χ3n) is 10.4. The summed E-state index contributed by atoms with van der Waals surface area (Å²) < 4.78 is 27.2. The number of carbonyl (C=O) groups is 3. The highest BCUT2D eigenvalue weighted by Gasteiger charge is 2.62. The van der Waals surface area contributed by atoms with Crippen molar-refractivity contribution in [3.63, 3.8) is 0 Å². The van der Waals surface area contributed by atoms with Crippen LogP contribution < -0.4 is 21.1 Å². The number of sulfonamides is 1. The molecule has 4 aliphatic carbocycles. The van der Waals surface area contributed by atoms with Crippen LogP contribution >= 0.6 is 0 Å². The second-order valence-corrected chi connectivity index (χ2v) is 15.9. The Morgan fingerprint density at radius 2 is 1.68 bits per heavy atom. The van der Waals surface area contributed by atoms with Crippen LogP contribution in [-0.4, -0.2) is 62.3 Å². The minimum Gasteiger partial charge on any atom is -0.392 e. The molecule has 5 N–H and O–H groups in total. The van der Waals surface area contributed by atoms with Crippen molar-refractivity contribution in [2.45, 2.75) is 81.1 Å². The van der Waals surface area contributed by atoms with Crippen LogP contribution in [-0.2, 0) is 29.2 Å². The number of unbranched alkanes of at least 4 members (excludes halogenated alkanes) is 4. The lowest BCUT2D eigenvalue weighted by Gasteiger charge is -2.23. The number of hydrogen-bond donors (Lipinski definition) is 4. The van der Waals surface area contributed by atoms with E-state index in [0.717, 1.165) is 66.5 Å². The molecule has 0 aliphatic heterocycles. The zero-order chi connectivity index (χ0) is 35.5. The van der Waals surface area contributed by atoms with Gasteiger partial charge in [-0.3, -0.25) is 19.1 Å². The molecule has 0 aromatic heterocycles. The molecule has 2 aromatic rings. The first-order valence-electron chi connectivity index (χ1n) is 17.7. The monoisotopic (exact) mass is 701 g/mol. The minimum absolute atomic E-state index is 0.195. The highest BCUT2D eigenvalue weighted by molar-refractivity contribution is 7.91. The van der Waals surface area contributed by atoms with Crippen LogP contribution in [0.2, 0.25) is 0 Å². The van der Waals surface area contributed by atoms with Crippen molar-refractivity contribution in [1.29, 1.82) is 0 Å². The number of carbonyl (C=O) groups excluding carboxylic acids is 3. The van der Waals surface area contributed by atoms with Crippen LogP contribution in [0.5, 0.6) is 0 Å². The van der Waals surface area contributed by atoms with Crippen molar-refractivity contribution >= 4 is 39.5 Å². The van der Waals surface area contributed by atoms with Gasteiger partial charge in [0.1, 0.15) is 17.4 Å². The van der Waals surface area contributed by atoms with Gasteiger partial charge in [-0.15, -0.1) is 6.58 Å². The molecule has 0 bridgehead atoms. The molecule has 5 atom stereocenters. The number of nitrogens with one attached hydrogen (secondary N) is 3. The van der Waals surface area contributed by atoms with E-state index < -0.39 is 56.5 Å². The molecule has 6 rings (SSSR count). The third kappa shape index (κ3) is 7.41. The minimum atomic E-state index is -3.82. The van der Waals surface area contributed by atoms with Crippen LogP contribution in [0.15, 0.2) is 66.4 Å². The van der Waals surface area contributed by atoms with E-state index in [1.54, 1.807) is 6.08 Å². The number of benzene rings is 2. The molecular formula is C38H47N5O6S. The lowest BCUT2D eigenvalue weighted by molar-refractivity contribution is -0.135. The van der Waals surface area contributed by atoms with Gasteiger partial charge in [0.2, 0.25) is 21.8 Å². The number of oxime groups is 1. The Hall–Kier alpha value is -4.29. The summed E-state index contributed by atoms with van der Waals surface area (Å²) in [6.45, 7) is 4.50. The standard InChI is InChI=1S/C38H47N5O6S/c1-3-25-23-38(25,37(46)43-50(47,48)27-16-17-27)41-36(45)33-22-26(21-32(33)35(44)40-2)49-42-34-30-14-10-9-13-28(30)29-18-15-24(20-31(29)34)12-8-6-4-5-7-11-19-39/h3,8-10,12-15,18,20,25-27,32-33H,1,4-7,11,16-17,19,21-23,39H2,2H3,(H,40,44)(H,41,45)(H,43,46)/t25-,26+,32-,33-,38-/m1/s1. The largest absolute Gasteiger partial charge is 0.392 e. The van der Waals surface area contributed by atoms with E-state index in [9.17, 15) is 22.8 Å². The molecule has 0 saturated heterocycles. The fourth-order valence-electron chi connectivity index (χ4n) is 7.24. The lowest BCUT2D eigenvalue weighted by atomic mass is 9.93. The quantitative estimate of drug-likeness (QED) is 0.0988. The fourth-order valence-corrected chi connectivity index (χ4v) is 8.61. The van der Waals surface area contributed by atoms with Gasteiger partial charge >= 0.3 is 0 Å². The summed E-state index contributed by atoms with van der Waals surface area (Å²) in [5, 5.41) is 9.54. The molecule has 266 valence electrons. The summed E-state index contributed by atoms with van der Waals surface area (Å²) in [7, 11) is -2.30. The van der Waals surface area contributed by atoms with Crippen molar-refractivity contribution in [2.24, 2.45) is 28.6 Å². The Bertz CT molecular complexity index is 1820. The SMILES string of the molecule is C=C[C@@H]1C[C@]1(NC(=O)[C@@H]1C[C@@H](ON=C2c3ccccc3-c3ccc(C=CCCCCCCN)cc32)C[C@H]1C(=O)NC)C(=O)NS(=O)(=O)C1CC1. The Labute approximate surface area is 294 Å². The van der Waals surface area contributed by atoms with Gasteiger partial charge in [0.05, 0.1) is 17.1 Å².